The molecule has 0 spiro atoms. The first kappa shape index (κ1) is 12.8. The zero-order chi connectivity index (χ0) is 12.5. The van der Waals surface area contributed by atoms with Crippen LogP contribution in [0.1, 0.15) is 0 Å². The molecule has 5 nitrogen and oxygen atoms in total. The molecule has 0 radical (unpaired) electrons. The van der Waals surface area contributed by atoms with Crippen LogP contribution in [0.5, 0.6) is 0 Å². The van der Waals surface area contributed by atoms with Crippen LogP contribution in [0.4, 0.5) is 0 Å². The predicted octanol–water partition coefficient (Wildman–Crippen LogP) is 0.412. The molecule has 1 saturated heterocycles. The standard InChI is InChI=1S/C10H11IN2O3S/c11-8-1-3-9(4-2-8)17(15,16)13-6-5-12-10(14)7-13/h1-4H,5-7H2,(H,12,14). The fraction of sp³-hybridized carbons (Fsp3) is 0.300. The van der Waals surface area contributed by atoms with Gasteiger partial charge in [0.1, 0.15) is 0 Å². The van der Waals surface area contributed by atoms with E-state index < -0.39 is 10.0 Å². The van der Waals surface area contributed by atoms with Crippen LogP contribution < -0.4 is 5.32 Å². The zero-order valence-corrected chi connectivity index (χ0v) is 11.9. The Bertz CT molecular complexity index is 527. The molecule has 0 unspecified atom stereocenters. The zero-order valence-electron chi connectivity index (χ0n) is 8.89. The molecule has 0 bridgehead atoms. The third kappa shape index (κ3) is 2.78. The quantitative estimate of drug-likeness (QED) is 0.772. The number of piperazine rings is 1. The number of nitrogens with zero attached hydrogens (tertiary/aromatic N) is 1. The highest BCUT2D eigenvalue weighted by Gasteiger charge is 2.28. The van der Waals surface area contributed by atoms with E-state index in [1.165, 1.54) is 4.31 Å². The Labute approximate surface area is 113 Å². The van der Waals surface area contributed by atoms with E-state index in [0.29, 0.717) is 13.1 Å². The molecule has 0 saturated carbocycles. The number of hydrogen-bond acceptors (Lipinski definition) is 3. The molecule has 1 heterocycles. The van der Waals surface area contributed by atoms with Gasteiger partial charge in [-0.05, 0) is 46.9 Å². The molecule has 1 aromatic rings. The van der Waals surface area contributed by atoms with Gasteiger partial charge in [-0.2, -0.15) is 4.31 Å². The van der Waals surface area contributed by atoms with E-state index in [9.17, 15) is 13.2 Å². The Morgan fingerprint density at radius 1 is 1.24 bits per heavy atom. The summed E-state index contributed by atoms with van der Waals surface area (Å²) in [4.78, 5) is 11.4. The van der Waals surface area contributed by atoms with Gasteiger partial charge in [0.2, 0.25) is 15.9 Å². The SMILES string of the molecule is O=C1CN(S(=O)(=O)c2ccc(I)cc2)CCN1. The molecule has 1 aromatic carbocycles. The van der Waals surface area contributed by atoms with Crippen LogP contribution in [0.25, 0.3) is 0 Å². The fourth-order valence-electron chi connectivity index (χ4n) is 1.58. The fourth-order valence-corrected chi connectivity index (χ4v) is 3.33. The summed E-state index contributed by atoms with van der Waals surface area (Å²) in [6.07, 6.45) is 0. The van der Waals surface area contributed by atoms with E-state index in [4.69, 9.17) is 0 Å². The minimum atomic E-state index is -3.54. The average molecular weight is 366 g/mol. The smallest absolute Gasteiger partial charge is 0.243 e. The number of halogens is 1. The third-order valence-electron chi connectivity index (χ3n) is 2.45. The predicted molar refractivity (Wildman–Crippen MR) is 70.9 cm³/mol. The first-order chi connectivity index (χ1) is 8.00. The van der Waals surface area contributed by atoms with Gasteiger partial charge in [0.15, 0.2) is 0 Å². The molecule has 1 aliphatic rings. The monoisotopic (exact) mass is 366 g/mol. The Hall–Kier alpha value is -0.670. The normalized spacial score (nSPS) is 17.8. The summed E-state index contributed by atoms with van der Waals surface area (Å²) >= 11 is 2.11. The molecule has 1 aliphatic heterocycles. The van der Waals surface area contributed by atoms with E-state index in [-0.39, 0.29) is 17.3 Å². The molecule has 1 fully saturated rings. The van der Waals surface area contributed by atoms with Crippen molar-refractivity contribution in [3.8, 4) is 0 Å². The van der Waals surface area contributed by atoms with Crippen molar-refractivity contribution < 1.29 is 13.2 Å². The molecular weight excluding hydrogens is 355 g/mol. The molecular formula is C10H11IN2O3S. The molecule has 2 rings (SSSR count). The van der Waals surface area contributed by atoms with Crippen molar-refractivity contribution >= 4 is 38.5 Å². The van der Waals surface area contributed by atoms with Gasteiger partial charge in [0, 0.05) is 16.7 Å². The first-order valence-corrected chi connectivity index (χ1v) is 7.54. The lowest BCUT2D eigenvalue weighted by molar-refractivity contribution is -0.122. The van der Waals surface area contributed by atoms with Crippen molar-refractivity contribution in [1.29, 1.82) is 0 Å². The molecule has 0 aromatic heterocycles. The molecule has 0 aliphatic carbocycles. The Balaban J connectivity index is 2.29. The molecule has 1 amide bonds. The highest BCUT2D eigenvalue weighted by atomic mass is 127. The average Bonchev–Trinajstić information content (AvgIpc) is 2.29. The summed E-state index contributed by atoms with van der Waals surface area (Å²) in [5, 5.41) is 2.60. The second-order valence-electron chi connectivity index (χ2n) is 3.64. The number of amides is 1. The van der Waals surface area contributed by atoms with Gasteiger partial charge in [0.05, 0.1) is 11.4 Å². The minimum Gasteiger partial charge on any atom is -0.354 e. The molecule has 1 N–H and O–H groups in total. The summed E-state index contributed by atoms with van der Waals surface area (Å²) < 4.78 is 26.5. The molecule has 17 heavy (non-hydrogen) atoms. The van der Waals surface area contributed by atoms with Crippen molar-refractivity contribution in [2.45, 2.75) is 4.90 Å². The van der Waals surface area contributed by atoms with Gasteiger partial charge in [0.25, 0.3) is 0 Å². The number of nitrogens with one attached hydrogen (secondary N) is 1. The van der Waals surface area contributed by atoms with E-state index in [0.717, 1.165) is 3.57 Å². The maximum Gasteiger partial charge on any atom is 0.243 e. The summed E-state index contributed by atoms with van der Waals surface area (Å²) in [6, 6.07) is 6.59. The summed E-state index contributed by atoms with van der Waals surface area (Å²) in [5.41, 5.74) is 0. The van der Waals surface area contributed by atoms with E-state index in [2.05, 4.69) is 27.9 Å². The molecule has 92 valence electrons. The van der Waals surface area contributed by atoms with Crippen molar-refractivity contribution in [3.63, 3.8) is 0 Å². The van der Waals surface area contributed by atoms with Crippen LogP contribution in [-0.2, 0) is 14.8 Å². The Morgan fingerprint density at radius 2 is 1.88 bits per heavy atom. The summed E-state index contributed by atoms with van der Waals surface area (Å²) in [7, 11) is -3.54. The molecule has 0 atom stereocenters. The van der Waals surface area contributed by atoms with Crippen LogP contribution in [0.2, 0.25) is 0 Å². The number of sulfonamides is 1. The van der Waals surface area contributed by atoms with Crippen LogP contribution in [0.3, 0.4) is 0 Å². The highest BCUT2D eigenvalue weighted by molar-refractivity contribution is 14.1. The van der Waals surface area contributed by atoms with Gasteiger partial charge in [-0.3, -0.25) is 4.79 Å². The number of carbonyl (C=O) groups is 1. The van der Waals surface area contributed by atoms with Gasteiger partial charge in [-0.1, -0.05) is 0 Å². The van der Waals surface area contributed by atoms with E-state index in [1.54, 1.807) is 24.3 Å². The van der Waals surface area contributed by atoms with Crippen molar-refractivity contribution in [2.24, 2.45) is 0 Å². The largest absolute Gasteiger partial charge is 0.354 e. The number of benzene rings is 1. The summed E-state index contributed by atoms with van der Waals surface area (Å²) in [5.74, 6) is -0.259. The number of carbonyl (C=O) groups excluding carboxylic acids is 1. The van der Waals surface area contributed by atoms with E-state index >= 15 is 0 Å². The second kappa shape index (κ2) is 4.91. The highest BCUT2D eigenvalue weighted by Crippen LogP contribution is 2.17. The second-order valence-corrected chi connectivity index (χ2v) is 6.83. The van der Waals surface area contributed by atoms with Gasteiger partial charge in [-0.25, -0.2) is 8.42 Å². The third-order valence-corrected chi connectivity index (χ3v) is 5.03. The van der Waals surface area contributed by atoms with Crippen LogP contribution >= 0.6 is 22.6 Å². The van der Waals surface area contributed by atoms with Crippen molar-refractivity contribution in [3.05, 3.63) is 27.8 Å². The van der Waals surface area contributed by atoms with Gasteiger partial charge >= 0.3 is 0 Å². The van der Waals surface area contributed by atoms with E-state index in [1.807, 2.05) is 0 Å². The van der Waals surface area contributed by atoms with Crippen LogP contribution in [0.15, 0.2) is 29.2 Å². The van der Waals surface area contributed by atoms with Gasteiger partial charge < -0.3 is 5.32 Å². The van der Waals surface area contributed by atoms with Gasteiger partial charge in [-0.15, -0.1) is 0 Å². The van der Waals surface area contributed by atoms with Crippen molar-refractivity contribution in [2.75, 3.05) is 19.6 Å². The maximum atomic E-state index is 12.2. The number of rotatable bonds is 2. The lowest BCUT2D eigenvalue weighted by Gasteiger charge is -2.25. The lowest BCUT2D eigenvalue weighted by Crippen LogP contribution is -2.49. The Kier molecular flexibility index (Phi) is 3.69. The topological polar surface area (TPSA) is 66.5 Å². The van der Waals surface area contributed by atoms with Crippen molar-refractivity contribution in [1.82, 2.24) is 9.62 Å². The Morgan fingerprint density at radius 3 is 2.47 bits per heavy atom. The minimum absolute atomic E-state index is 0.103. The summed E-state index contributed by atoms with van der Waals surface area (Å²) in [6.45, 7) is 0.580. The maximum absolute atomic E-state index is 12.2. The van der Waals surface area contributed by atoms with Crippen LogP contribution in [0, 0.1) is 3.57 Å². The molecule has 7 heteroatoms. The van der Waals surface area contributed by atoms with Crippen LogP contribution in [-0.4, -0.2) is 38.3 Å². The lowest BCUT2D eigenvalue weighted by atomic mass is 10.4. The first-order valence-electron chi connectivity index (χ1n) is 5.02. The number of hydrogen-bond donors (Lipinski definition) is 1.